The number of anilines is 1. The van der Waals surface area contributed by atoms with Crippen LogP contribution in [0, 0.1) is 0 Å². The number of hydrogen-bond donors (Lipinski definition) is 1. The Balaban J connectivity index is 2.04. The van der Waals surface area contributed by atoms with Crippen LogP contribution in [0.4, 0.5) is 11.4 Å². The normalized spacial score (nSPS) is 15.1. The largest absolute Gasteiger partial charge is 0.495 e. The fourth-order valence-electron chi connectivity index (χ4n) is 2.07. The first-order chi connectivity index (χ1) is 9.69. The fraction of sp³-hybridized carbons (Fsp3) is 0.0667. The van der Waals surface area contributed by atoms with E-state index in [1.165, 1.54) is 0 Å². The van der Waals surface area contributed by atoms with Crippen LogP contribution in [0.5, 0.6) is 5.75 Å². The van der Waals surface area contributed by atoms with E-state index in [0.29, 0.717) is 22.2 Å². The standard InChI is InChI=1S/C15H11ClN2O2/c1-20-13-7-6-9(8-11(13)16)17-14-10-4-2-3-5-12(10)18-15(14)19/h2-8H,1H3,(H,17,18,19). The Kier molecular flexibility index (Phi) is 3.16. The number of para-hydroxylation sites is 1. The van der Waals surface area contributed by atoms with E-state index in [2.05, 4.69) is 10.3 Å². The fourth-order valence-corrected chi connectivity index (χ4v) is 2.32. The molecule has 100 valence electrons. The molecule has 1 aliphatic rings. The topological polar surface area (TPSA) is 50.7 Å². The molecule has 1 N–H and O–H groups in total. The number of nitrogens with zero attached hydrogens (tertiary/aromatic N) is 1. The van der Waals surface area contributed by atoms with Crippen LogP contribution in [0.3, 0.4) is 0 Å². The number of amides is 1. The molecule has 0 bridgehead atoms. The zero-order valence-corrected chi connectivity index (χ0v) is 11.4. The SMILES string of the molecule is COc1ccc(N=C2C(=O)Nc3ccccc32)cc1Cl. The van der Waals surface area contributed by atoms with Crippen molar-refractivity contribution in [1.29, 1.82) is 0 Å². The van der Waals surface area contributed by atoms with E-state index in [-0.39, 0.29) is 5.91 Å². The molecule has 0 radical (unpaired) electrons. The zero-order valence-electron chi connectivity index (χ0n) is 10.7. The van der Waals surface area contributed by atoms with Crippen molar-refractivity contribution in [2.24, 2.45) is 4.99 Å². The van der Waals surface area contributed by atoms with E-state index in [9.17, 15) is 4.79 Å². The van der Waals surface area contributed by atoms with Crippen LogP contribution >= 0.6 is 11.6 Å². The lowest BCUT2D eigenvalue weighted by Crippen LogP contribution is -2.13. The highest BCUT2D eigenvalue weighted by Gasteiger charge is 2.25. The van der Waals surface area contributed by atoms with Crippen LogP contribution in [0.15, 0.2) is 47.5 Å². The Labute approximate surface area is 121 Å². The molecule has 2 aromatic carbocycles. The van der Waals surface area contributed by atoms with Crippen LogP contribution in [-0.2, 0) is 4.79 Å². The van der Waals surface area contributed by atoms with Crippen molar-refractivity contribution in [1.82, 2.24) is 0 Å². The summed E-state index contributed by atoms with van der Waals surface area (Å²) in [5.74, 6) is 0.366. The van der Waals surface area contributed by atoms with Gasteiger partial charge in [-0.1, -0.05) is 29.8 Å². The molecule has 5 heteroatoms. The molecular weight excluding hydrogens is 276 g/mol. The highest BCUT2D eigenvalue weighted by Crippen LogP contribution is 2.30. The van der Waals surface area contributed by atoms with E-state index < -0.39 is 0 Å². The Morgan fingerprint density at radius 3 is 2.75 bits per heavy atom. The number of carbonyl (C=O) groups excluding carboxylic acids is 1. The third-order valence-electron chi connectivity index (χ3n) is 3.02. The number of aliphatic imine (C=N–C) groups is 1. The number of halogens is 1. The van der Waals surface area contributed by atoms with Gasteiger partial charge in [0.2, 0.25) is 0 Å². The molecule has 1 heterocycles. The number of carbonyl (C=O) groups is 1. The van der Waals surface area contributed by atoms with Crippen LogP contribution in [0.2, 0.25) is 5.02 Å². The third-order valence-corrected chi connectivity index (χ3v) is 3.32. The molecule has 3 rings (SSSR count). The Morgan fingerprint density at radius 2 is 2.00 bits per heavy atom. The van der Waals surface area contributed by atoms with Gasteiger partial charge in [0.1, 0.15) is 11.5 Å². The van der Waals surface area contributed by atoms with Crippen molar-refractivity contribution >= 4 is 34.6 Å². The van der Waals surface area contributed by atoms with Crippen molar-refractivity contribution < 1.29 is 9.53 Å². The zero-order chi connectivity index (χ0) is 14.1. The predicted molar refractivity (Wildman–Crippen MR) is 79.3 cm³/mol. The summed E-state index contributed by atoms with van der Waals surface area (Å²) < 4.78 is 5.09. The van der Waals surface area contributed by atoms with E-state index >= 15 is 0 Å². The lowest BCUT2D eigenvalue weighted by atomic mass is 10.1. The average molecular weight is 287 g/mol. The van der Waals surface area contributed by atoms with E-state index in [4.69, 9.17) is 16.3 Å². The van der Waals surface area contributed by atoms with Gasteiger partial charge in [0.15, 0.2) is 0 Å². The van der Waals surface area contributed by atoms with Gasteiger partial charge in [-0.15, -0.1) is 0 Å². The lowest BCUT2D eigenvalue weighted by molar-refractivity contribution is -0.110. The second-order valence-corrected chi connectivity index (χ2v) is 4.69. The molecule has 0 saturated carbocycles. The monoisotopic (exact) mass is 286 g/mol. The molecule has 0 aromatic heterocycles. The van der Waals surface area contributed by atoms with Crippen LogP contribution < -0.4 is 10.1 Å². The predicted octanol–water partition coefficient (Wildman–Crippen LogP) is 3.42. The molecule has 0 spiro atoms. The molecule has 1 amide bonds. The number of fused-ring (bicyclic) bond motifs is 1. The maximum Gasteiger partial charge on any atom is 0.275 e. The first-order valence-electron chi connectivity index (χ1n) is 6.02. The van der Waals surface area contributed by atoms with Crippen LogP contribution in [-0.4, -0.2) is 18.7 Å². The summed E-state index contributed by atoms with van der Waals surface area (Å²) >= 11 is 6.06. The van der Waals surface area contributed by atoms with Gasteiger partial charge in [-0.25, -0.2) is 4.99 Å². The lowest BCUT2D eigenvalue weighted by Gasteiger charge is -2.03. The Morgan fingerprint density at radius 1 is 1.20 bits per heavy atom. The molecule has 4 nitrogen and oxygen atoms in total. The molecule has 0 fully saturated rings. The smallest absolute Gasteiger partial charge is 0.275 e. The average Bonchev–Trinajstić information content (AvgIpc) is 2.76. The van der Waals surface area contributed by atoms with Gasteiger partial charge in [0.05, 0.1) is 23.5 Å². The van der Waals surface area contributed by atoms with Crippen molar-refractivity contribution in [3.8, 4) is 5.75 Å². The second-order valence-electron chi connectivity index (χ2n) is 4.28. The van der Waals surface area contributed by atoms with Crippen LogP contribution in [0.25, 0.3) is 0 Å². The van der Waals surface area contributed by atoms with E-state index in [1.807, 2.05) is 24.3 Å². The summed E-state index contributed by atoms with van der Waals surface area (Å²) in [6.45, 7) is 0. The molecule has 1 aliphatic heterocycles. The third kappa shape index (κ3) is 2.14. The summed E-state index contributed by atoms with van der Waals surface area (Å²) in [6, 6.07) is 12.6. The summed E-state index contributed by atoms with van der Waals surface area (Å²) in [5.41, 5.74) is 2.57. The number of ether oxygens (including phenoxy) is 1. The van der Waals surface area contributed by atoms with E-state index in [0.717, 1.165) is 11.3 Å². The molecule has 0 unspecified atom stereocenters. The maximum absolute atomic E-state index is 11.9. The van der Waals surface area contributed by atoms with Crippen molar-refractivity contribution in [3.05, 3.63) is 53.1 Å². The molecule has 0 saturated heterocycles. The molecule has 0 atom stereocenters. The van der Waals surface area contributed by atoms with Gasteiger partial charge in [0.25, 0.3) is 5.91 Å². The maximum atomic E-state index is 11.9. The first-order valence-corrected chi connectivity index (χ1v) is 6.40. The number of rotatable bonds is 2. The van der Waals surface area contributed by atoms with E-state index in [1.54, 1.807) is 25.3 Å². The second kappa shape index (κ2) is 4.98. The summed E-state index contributed by atoms with van der Waals surface area (Å²) in [5, 5.41) is 3.24. The van der Waals surface area contributed by atoms with Crippen molar-refractivity contribution in [3.63, 3.8) is 0 Å². The number of methoxy groups -OCH3 is 1. The number of hydrogen-bond acceptors (Lipinski definition) is 3. The molecule has 0 aliphatic carbocycles. The van der Waals surface area contributed by atoms with Gasteiger partial charge < -0.3 is 10.1 Å². The van der Waals surface area contributed by atoms with Crippen molar-refractivity contribution in [2.75, 3.05) is 12.4 Å². The Bertz CT molecular complexity index is 726. The highest BCUT2D eigenvalue weighted by atomic mass is 35.5. The summed E-state index contributed by atoms with van der Waals surface area (Å²) in [4.78, 5) is 16.3. The van der Waals surface area contributed by atoms with Gasteiger partial charge >= 0.3 is 0 Å². The van der Waals surface area contributed by atoms with Gasteiger partial charge in [-0.05, 0) is 24.3 Å². The highest BCUT2D eigenvalue weighted by molar-refractivity contribution is 6.54. The van der Waals surface area contributed by atoms with Gasteiger partial charge in [-0.3, -0.25) is 4.79 Å². The molecule has 2 aromatic rings. The molecular formula is C15H11ClN2O2. The summed E-state index contributed by atoms with van der Waals surface area (Å²) in [7, 11) is 1.55. The minimum atomic E-state index is -0.210. The van der Waals surface area contributed by atoms with Gasteiger partial charge in [0, 0.05) is 5.56 Å². The van der Waals surface area contributed by atoms with Crippen molar-refractivity contribution in [2.45, 2.75) is 0 Å². The van der Waals surface area contributed by atoms with Crippen LogP contribution in [0.1, 0.15) is 5.56 Å². The minimum absolute atomic E-state index is 0.210. The molecule has 20 heavy (non-hydrogen) atoms. The summed E-state index contributed by atoms with van der Waals surface area (Å²) in [6.07, 6.45) is 0. The minimum Gasteiger partial charge on any atom is -0.495 e. The van der Waals surface area contributed by atoms with Gasteiger partial charge in [-0.2, -0.15) is 0 Å². The Hall–Kier alpha value is -2.33. The quantitative estimate of drug-likeness (QED) is 0.919. The number of benzene rings is 2. The number of nitrogens with one attached hydrogen (secondary N) is 1. The first kappa shape index (κ1) is 12.7.